The van der Waals surface area contributed by atoms with E-state index in [-0.39, 0.29) is 5.82 Å². The van der Waals surface area contributed by atoms with Crippen molar-refractivity contribution in [2.75, 3.05) is 26.7 Å². The lowest BCUT2D eigenvalue weighted by Gasteiger charge is -2.15. The summed E-state index contributed by atoms with van der Waals surface area (Å²) in [6.07, 6.45) is 0.918. The number of likely N-dealkylation sites (N-methyl/N-ethyl adjacent to an activating group) is 1. The quantitative estimate of drug-likeness (QED) is 0.578. The monoisotopic (exact) mass is 328 g/mol. The molecule has 128 valence electrons. The van der Waals surface area contributed by atoms with Crippen molar-refractivity contribution < 1.29 is 4.39 Å². The molecule has 5 heteroatoms. The molecule has 0 fully saturated rings. The normalized spacial score (nSPS) is 11.7. The van der Waals surface area contributed by atoms with E-state index in [1.165, 1.54) is 17.7 Å². The fourth-order valence-corrected chi connectivity index (χ4v) is 2.36. The first-order valence-electron chi connectivity index (χ1n) is 8.14. The summed E-state index contributed by atoms with van der Waals surface area (Å²) < 4.78 is 12.9. The molecule has 0 aliphatic heterocycles. The Morgan fingerprint density at radius 3 is 2.50 bits per heavy atom. The zero-order valence-corrected chi connectivity index (χ0v) is 14.1. The van der Waals surface area contributed by atoms with Gasteiger partial charge in [-0.25, -0.2) is 4.39 Å². The molecule has 0 aliphatic rings. The van der Waals surface area contributed by atoms with Crippen LogP contribution in [0.5, 0.6) is 0 Å². The molecule has 2 aromatic rings. The van der Waals surface area contributed by atoms with Crippen LogP contribution in [-0.2, 0) is 13.0 Å². The van der Waals surface area contributed by atoms with Crippen molar-refractivity contribution in [1.82, 2.24) is 10.2 Å². The summed E-state index contributed by atoms with van der Waals surface area (Å²) >= 11 is 0. The van der Waals surface area contributed by atoms with Crippen LogP contribution in [0.25, 0.3) is 0 Å². The minimum atomic E-state index is -0.208. The highest BCUT2D eigenvalue weighted by Crippen LogP contribution is 2.05. The van der Waals surface area contributed by atoms with E-state index >= 15 is 0 Å². The predicted molar refractivity (Wildman–Crippen MR) is 97.4 cm³/mol. The zero-order chi connectivity index (χ0) is 17.2. The average molecular weight is 328 g/mol. The van der Waals surface area contributed by atoms with Crippen molar-refractivity contribution in [2.45, 2.75) is 13.0 Å². The lowest BCUT2D eigenvalue weighted by Crippen LogP contribution is -2.34. The van der Waals surface area contributed by atoms with Crippen LogP contribution in [0.15, 0.2) is 59.6 Å². The molecular weight excluding hydrogens is 303 g/mol. The van der Waals surface area contributed by atoms with Gasteiger partial charge in [0.1, 0.15) is 5.82 Å². The van der Waals surface area contributed by atoms with Gasteiger partial charge in [-0.15, -0.1) is 0 Å². The Labute approximate surface area is 143 Å². The Morgan fingerprint density at radius 2 is 1.79 bits per heavy atom. The van der Waals surface area contributed by atoms with Gasteiger partial charge in [-0.2, -0.15) is 0 Å². The third kappa shape index (κ3) is 6.79. The minimum absolute atomic E-state index is 0.208. The van der Waals surface area contributed by atoms with Crippen molar-refractivity contribution in [1.29, 1.82) is 0 Å². The van der Waals surface area contributed by atoms with Crippen LogP contribution in [-0.4, -0.2) is 37.5 Å². The lowest BCUT2D eigenvalue weighted by molar-refractivity contribution is 0.336. The van der Waals surface area contributed by atoms with Gasteiger partial charge in [-0.05, 0) is 36.7 Å². The molecule has 24 heavy (non-hydrogen) atoms. The molecule has 2 rings (SSSR count). The Bertz CT molecular complexity index is 626. The maximum atomic E-state index is 12.9. The standard InChI is InChI=1S/C19H25FN4/c1-24(15-17-7-9-18(20)10-8-17)14-13-23-19(21)22-12-11-16-5-3-2-4-6-16/h2-10H,11-15H2,1H3,(H3,21,22,23). The molecule has 0 aliphatic carbocycles. The third-order valence-corrected chi connectivity index (χ3v) is 3.69. The summed E-state index contributed by atoms with van der Waals surface area (Å²) in [7, 11) is 2.01. The smallest absolute Gasteiger partial charge is 0.188 e. The van der Waals surface area contributed by atoms with Crippen LogP contribution in [0.3, 0.4) is 0 Å². The van der Waals surface area contributed by atoms with Crippen LogP contribution >= 0.6 is 0 Å². The molecule has 0 heterocycles. The predicted octanol–water partition coefficient (Wildman–Crippen LogP) is 2.40. The molecule has 0 spiro atoms. The van der Waals surface area contributed by atoms with Gasteiger partial charge < -0.3 is 16.0 Å². The Kier molecular flexibility index (Phi) is 7.23. The van der Waals surface area contributed by atoms with Crippen LogP contribution in [0.4, 0.5) is 4.39 Å². The number of nitrogens with two attached hydrogens (primary N) is 1. The van der Waals surface area contributed by atoms with E-state index in [0.717, 1.165) is 31.6 Å². The summed E-state index contributed by atoms with van der Waals surface area (Å²) in [6.45, 7) is 2.95. The first kappa shape index (κ1) is 17.9. The van der Waals surface area contributed by atoms with Crippen molar-refractivity contribution in [3.63, 3.8) is 0 Å². The molecule has 0 unspecified atom stereocenters. The second-order valence-electron chi connectivity index (χ2n) is 5.79. The van der Waals surface area contributed by atoms with Crippen LogP contribution in [0.1, 0.15) is 11.1 Å². The van der Waals surface area contributed by atoms with E-state index in [2.05, 4.69) is 27.3 Å². The minimum Gasteiger partial charge on any atom is -0.370 e. The van der Waals surface area contributed by atoms with Crippen LogP contribution in [0.2, 0.25) is 0 Å². The number of halogens is 1. The summed E-state index contributed by atoms with van der Waals surface area (Å²) in [5.74, 6) is 0.265. The van der Waals surface area contributed by atoms with E-state index in [0.29, 0.717) is 12.5 Å². The summed E-state index contributed by atoms with van der Waals surface area (Å²) in [4.78, 5) is 6.47. The van der Waals surface area contributed by atoms with Gasteiger partial charge in [-0.3, -0.25) is 4.99 Å². The molecular formula is C19H25FN4. The molecule has 2 aromatic carbocycles. The van der Waals surface area contributed by atoms with Crippen LogP contribution < -0.4 is 11.1 Å². The van der Waals surface area contributed by atoms with Gasteiger partial charge in [0.2, 0.25) is 0 Å². The van der Waals surface area contributed by atoms with Gasteiger partial charge in [0.15, 0.2) is 5.96 Å². The highest BCUT2D eigenvalue weighted by Gasteiger charge is 2.00. The molecule has 0 bridgehead atoms. The Balaban J connectivity index is 1.64. The molecule has 0 aromatic heterocycles. The van der Waals surface area contributed by atoms with Crippen molar-refractivity contribution in [2.24, 2.45) is 10.7 Å². The second kappa shape index (κ2) is 9.67. The number of hydrogen-bond donors (Lipinski definition) is 2. The van der Waals surface area contributed by atoms with Gasteiger partial charge in [0, 0.05) is 19.6 Å². The van der Waals surface area contributed by atoms with Gasteiger partial charge in [0.05, 0.1) is 6.54 Å². The lowest BCUT2D eigenvalue weighted by atomic mass is 10.1. The van der Waals surface area contributed by atoms with Crippen molar-refractivity contribution >= 4 is 5.96 Å². The second-order valence-corrected chi connectivity index (χ2v) is 5.79. The maximum absolute atomic E-state index is 12.9. The molecule has 0 radical (unpaired) electrons. The van der Waals surface area contributed by atoms with Crippen LogP contribution in [0, 0.1) is 5.82 Å². The molecule has 0 amide bonds. The fraction of sp³-hybridized carbons (Fsp3) is 0.316. The number of hydrogen-bond acceptors (Lipinski definition) is 2. The van der Waals surface area contributed by atoms with E-state index in [1.807, 2.05) is 25.2 Å². The van der Waals surface area contributed by atoms with Gasteiger partial charge in [0.25, 0.3) is 0 Å². The average Bonchev–Trinajstić information content (AvgIpc) is 2.58. The number of rotatable bonds is 8. The van der Waals surface area contributed by atoms with Crippen molar-refractivity contribution in [3.8, 4) is 0 Å². The molecule has 3 N–H and O–H groups in total. The Morgan fingerprint density at radius 1 is 1.08 bits per heavy atom. The maximum Gasteiger partial charge on any atom is 0.188 e. The highest BCUT2D eigenvalue weighted by atomic mass is 19.1. The van der Waals surface area contributed by atoms with Gasteiger partial charge in [-0.1, -0.05) is 42.5 Å². The molecule has 0 saturated heterocycles. The summed E-state index contributed by atoms with van der Waals surface area (Å²) in [5.41, 5.74) is 8.23. The highest BCUT2D eigenvalue weighted by molar-refractivity contribution is 5.77. The number of nitrogens with one attached hydrogen (secondary N) is 1. The van der Waals surface area contributed by atoms with Gasteiger partial charge >= 0.3 is 0 Å². The van der Waals surface area contributed by atoms with E-state index in [4.69, 9.17) is 5.73 Å². The van der Waals surface area contributed by atoms with Crippen molar-refractivity contribution in [3.05, 3.63) is 71.5 Å². The molecule has 4 nitrogen and oxygen atoms in total. The number of nitrogens with zero attached hydrogens (tertiary/aromatic N) is 2. The number of guanidine groups is 1. The summed E-state index contributed by atoms with van der Waals surface area (Å²) in [5, 5.41) is 3.13. The SMILES string of the molecule is CN(CCN=C(N)NCCc1ccccc1)Cc1ccc(F)cc1. The zero-order valence-electron chi connectivity index (χ0n) is 14.1. The van der Waals surface area contributed by atoms with E-state index in [9.17, 15) is 4.39 Å². The molecule has 0 saturated carbocycles. The topological polar surface area (TPSA) is 53.6 Å². The number of benzene rings is 2. The first-order valence-corrected chi connectivity index (χ1v) is 8.14. The third-order valence-electron chi connectivity index (χ3n) is 3.69. The largest absolute Gasteiger partial charge is 0.370 e. The number of aliphatic imine (C=N–C) groups is 1. The molecule has 0 atom stereocenters. The Hall–Kier alpha value is -2.40. The van der Waals surface area contributed by atoms with E-state index < -0.39 is 0 Å². The summed E-state index contributed by atoms with van der Waals surface area (Å²) in [6, 6.07) is 16.8. The first-order chi connectivity index (χ1) is 11.6. The van der Waals surface area contributed by atoms with E-state index in [1.54, 1.807) is 12.1 Å². The fourth-order valence-electron chi connectivity index (χ4n) is 2.36.